The zero-order chi connectivity index (χ0) is 19.4. The number of nitrogens with one attached hydrogen (secondary N) is 1. The maximum atomic E-state index is 9.62. The second-order valence-electron chi connectivity index (χ2n) is 4.93. The fraction of sp³-hybridized carbons (Fsp3) is 0.190. The molecule has 0 amide bonds. The molecule has 0 aromatic carbocycles. The van der Waals surface area contributed by atoms with Gasteiger partial charge in [0.1, 0.15) is 11.4 Å². The van der Waals surface area contributed by atoms with E-state index in [1.807, 2.05) is 57.2 Å². The number of pyridine rings is 1. The Hall–Kier alpha value is -3.19. The van der Waals surface area contributed by atoms with Gasteiger partial charge in [0.25, 0.3) is 0 Å². The van der Waals surface area contributed by atoms with Crippen LogP contribution in [0, 0.1) is 12.8 Å². The number of fused-ring (bicyclic) bond motifs is 1. The molecule has 0 saturated heterocycles. The van der Waals surface area contributed by atoms with E-state index in [1.54, 1.807) is 12.3 Å². The van der Waals surface area contributed by atoms with E-state index < -0.39 is 0 Å². The van der Waals surface area contributed by atoms with Gasteiger partial charge in [0, 0.05) is 43.1 Å². The zero-order valence-corrected chi connectivity index (χ0v) is 15.5. The minimum Gasteiger partial charge on any atom is -0.508 e. The molecule has 0 bridgehead atoms. The van der Waals surface area contributed by atoms with Gasteiger partial charge in [-0.15, -0.1) is 12.8 Å². The van der Waals surface area contributed by atoms with Gasteiger partial charge in [-0.25, -0.2) is 4.98 Å². The van der Waals surface area contributed by atoms with Crippen LogP contribution in [-0.2, 0) is 0 Å². The van der Waals surface area contributed by atoms with E-state index >= 15 is 0 Å². The number of terminal acetylenes is 1. The molecule has 0 atom stereocenters. The van der Waals surface area contributed by atoms with E-state index in [-0.39, 0.29) is 5.76 Å². The van der Waals surface area contributed by atoms with Crippen LogP contribution in [0.2, 0.25) is 0 Å². The molecule has 0 aliphatic carbocycles. The first kappa shape index (κ1) is 21.8. The lowest BCUT2D eigenvalue weighted by Crippen LogP contribution is -2.03. The van der Waals surface area contributed by atoms with E-state index in [1.165, 1.54) is 6.08 Å². The highest BCUT2D eigenvalue weighted by Crippen LogP contribution is 2.26. The SMILES string of the molecule is C#C.C=C/C(O)=C\C(=C)/C(=C\N(C)C)c1cc2cccnc2[nH]1.CC. The third kappa shape index (κ3) is 6.44. The maximum absolute atomic E-state index is 9.62. The number of aromatic nitrogens is 2. The van der Waals surface area contributed by atoms with Gasteiger partial charge in [-0.1, -0.05) is 27.0 Å². The highest BCUT2D eigenvalue weighted by atomic mass is 16.3. The first-order valence-electron chi connectivity index (χ1n) is 7.89. The molecule has 2 heterocycles. The summed E-state index contributed by atoms with van der Waals surface area (Å²) in [7, 11) is 3.87. The Balaban J connectivity index is 0.00000134. The fourth-order valence-corrected chi connectivity index (χ4v) is 2.00. The molecule has 2 aromatic rings. The van der Waals surface area contributed by atoms with Gasteiger partial charge in [-0.3, -0.25) is 0 Å². The molecule has 4 nitrogen and oxygen atoms in total. The zero-order valence-electron chi connectivity index (χ0n) is 15.5. The third-order valence-electron chi connectivity index (χ3n) is 2.95. The Labute approximate surface area is 150 Å². The van der Waals surface area contributed by atoms with Gasteiger partial charge in [0.05, 0.1) is 0 Å². The molecule has 2 rings (SSSR count). The van der Waals surface area contributed by atoms with Crippen LogP contribution < -0.4 is 0 Å². The van der Waals surface area contributed by atoms with Crippen molar-refractivity contribution in [3.63, 3.8) is 0 Å². The van der Waals surface area contributed by atoms with Crippen LogP contribution in [-0.4, -0.2) is 34.1 Å². The smallest absolute Gasteiger partial charge is 0.137 e. The lowest BCUT2D eigenvalue weighted by molar-refractivity contribution is 0.432. The molecule has 0 aliphatic heterocycles. The van der Waals surface area contributed by atoms with Crippen molar-refractivity contribution >= 4 is 16.6 Å². The van der Waals surface area contributed by atoms with Crippen molar-refractivity contribution < 1.29 is 5.11 Å². The molecule has 0 spiro atoms. The molecule has 0 aliphatic rings. The summed E-state index contributed by atoms with van der Waals surface area (Å²) in [5.41, 5.74) is 3.29. The van der Waals surface area contributed by atoms with Crippen molar-refractivity contribution in [2.24, 2.45) is 0 Å². The standard InChI is InChI=1S/C17H19N3O.C2H6.C2H2/c1-5-14(21)9-12(2)15(11-20(3)4)16-10-13-7-6-8-18-17(13)19-16;2*1-2/h5-11,21H,1-2H2,3-4H3,(H,18,19);1-2H3;1-2H/b14-9+,15-11+;;. The summed E-state index contributed by atoms with van der Waals surface area (Å²) in [6, 6.07) is 5.91. The van der Waals surface area contributed by atoms with Crippen LogP contribution in [0.15, 0.2) is 67.2 Å². The molecule has 4 heteroatoms. The molecule has 0 saturated carbocycles. The van der Waals surface area contributed by atoms with Crippen LogP contribution in [0.4, 0.5) is 0 Å². The molecule has 0 unspecified atom stereocenters. The first-order chi connectivity index (χ1) is 12.0. The molecule has 132 valence electrons. The molecular formula is C21H27N3O. The minimum atomic E-state index is 0.0823. The van der Waals surface area contributed by atoms with E-state index in [4.69, 9.17) is 0 Å². The predicted molar refractivity (Wildman–Crippen MR) is 109 cm³/mol. The van der Waals surface area contributed by atoms with Crippen molar-refractivity contribution in [1.29, 1.82) is 0 Å². The lowest BCUT2D eigenvalue weighted by Gasteiger charge is -2.11. The van der Waals surface area contributed by atoms with Gasteiger partial charge in [0.2, 0.25) is 0 Å². The van der Waals surface area contributed by atoms with Crippen molar-refractivity contribution in [2.45, 2.75) is 13.8 Å². The number of hydrogen-bond donors (Lipinski definition) is 2. The Morgan fingerprint density at radius 1 is 1.32 bits per heavy atom. The number of allylic oxidation sites excluding steroid dienone is 4. The van der Waals surface area contributed by atoms with Crippen LogP contribution in [0.1, 0.15) is 19.5 Å². The summed E-state index contributed by atoms with van der Waals surface area (Å²) >= 11 is 0. The summed E-state index contributed by atoms with van der Waals surface area (Å²) in [6.45, 7) is 11.6. The highest BCUT2D eigenvalue weighted by molar-refractivity contribution is 5.87. The van der Waals surface area contributed by atoms with Crippen molar-refractivity contribution in [2.75, 3.05) is 14.1 Å². The van der Waals surface area contributed by atoms with Crippen molar-refractivity contribution in [1.82, 2.24) is 14.9 Å². The number of H-pyrrole nitrogens is 1. The van der Waals surface area contributed by atoms with Gasteiger partial charge < -0.3 is 15.0 Å². The Morgan fingerprint density at radius 2 is 1.96 bits per heavy atom. The van der Waals surface area contributed by atoms with E-state index in [2.05, 4.69) is 36.0 Å². The number of rotatable bonds is 5. The van der Waals surface area contributed by atoms with Crippen molar-refractivity contribution in [3.8, 4) is 12.8 Å². The summed E-state index contributed by atoms with van der Waals surface area (Å²) in [4.78, 5) is 9.49. The summed E-state index contributed by atoms with van der Waals surface area (Å²) in [6.07, 6.45) is 14.7. The van der Waals surface area contributed by atoms with E-state index in [9.17, 15) is 5.11 Å². The fourth-order valence-electron chi connectivity index (χ4n) is 2.00. The summed E-state index contributed by atoms with van der Waals surface area (Å²) in [5, 5.41) is 10.6. The number of hydrogen-bond acceptors (Lipinski definition) is 3. The van der Waals surface area contributed by atoms with Crippen LogP contribution in [0.3, 0.4) is 0 Å². The molecular weight excluding hydrogens is 310 g/mol. The number of aliphatic hydroxyl groups is 1. The van der Waals surface area contributed by atoms with Crippen molar-refractivity contribution in [3.05, 3.63) is 72.9 Å². The van der Waals surface area contributed by atoms with Crippen LogP contribution in [0.25, 0.3) is 16.6 Å². The number of aromatic amines is 1. The number of nitrogens with zero attached hydrogens (tertiary/aromatic N) is 2. The Kier molecular flexibility index (Phi) is 9.91. The summed E-state index contributed by atoms with van der Waals surface area (Å²) in [5.74, 6) is 0.0823. The second kappa shape index (κ2) is 11.4. The average molecular weight is 337 g/mol. The molecule has 2 N–H and O–H groups in total. The van der Waals surface area contributed by atoms with Crippen LogP contribution >= 0.6 is 0 Å². The van der Waals surface area contributed by atoms with Gasteiger partial charge in [-0.05, 0) is 35.9 Å². The van der Waals surface area contributed by atoms with Crippen LogP contribution in [0.5, 0.6) is 0 Å². The molecule has 25 heavy (non-hydrogen) atoms. The average Bonchev–Trinajstić information content (AvgIpc) is 3.06. The van der Waals surface area contributed by atoms with Gasteiger partial charge >= 0.3 is 0 Å². The largest absolute Gasteiger partial charge is 0.508 e. The lowest BCUT2D eigenvalue weighted by atomic mass is 10.0. The van der Waals surface area contributed by atoms with Gasteiger partial charge in [0.15, 0.2) is 0 Å². The number of aliphatic hydroxyl groups excluding tert-OH is 1. The normalized spacial score (nSPS) is 10.8. The maximum Gasteiger partial charge on any atom is 0.137 e. The highest BCUT2D eigenvalue weighted by Gasteiger charge is 2.10. The Morgan fingerprint density at radius 3 is 2.48 bits per heavy atom. The van der Waals surface area contributed by atoms with Gasteiger partial charge in [-0.2, -0.15) is 0 Å². The first-order valence-corrected chi connectivity index (χ1v) is 7.89. The summed E-state index contributed by atoms with van der Waals surface area (Å²) < 4.78 is 0. The van der Waals surface area contributed by atoms with E-state index in [0.717, 1.165) is 22.3 Å². The second-order valence-corrected chi connectivity index (χ2v) is 4.93. The monoisotopic (exact) mass is 337 g/mol. The molecule has 2 aromatic heterocycles. The Bertz CT molecular complexity index is 744. The molecule has 0 fully saturated rings. The minimum absolute atomic E-state index is 0.0823. The van der Waals surface area contributed by atoms with E-state index in [0.29, 0.717) is 5.57 Å². The topological polar surface area (TPSA) is 52.1 Å². The quantitative estimate of drug-likeness (QED) is 0.462. The molecule has 0 radical (unpaired) electrons. The third-order valence-corrected chi connectivity index (χ3v) is 2.95. The predicted octanol–water partition coefficient (Wildman–Crippen LogP) is 4.93.